The van der Waals surface area contributed by atoms with Crippen LogP contribution in [0.3, 0.4) is 0 Å². The highest BCUT2D eigenvalue weighted by molar-refractivity contribution is 5.88. The Bertz CT molecular complexity index is 862. The number of rotatable bonds is 2. The van der Waals surface area contributed by atoms with Crippen LogP contribution in [0.4, 0.5) is 11.5 Å². The molecule has 1 aromatic heterocycles. The summed E-state index contributed by atoms with van der Waals surface area (Å²) in [5.41, 5.74) is 2.61. The number of benzene rings is 1. The van der Waals surface area contributed by atoms with Gasteiger partial charge < -0.3 is 30.3 Å². The molecule has 4 heterocycles. The van der Waals surface area contributed by atoms with Crippen LogP contribution >= 0.6 is 0 Å². The van der Waals surface area contributed by atoms with E-state index in [1.807, 2.05) is 36.4 Å². The molecular weight excluding hydrogens is 340 g/mol. The maximum atomic E-state index is 12.9. The first kappa shape index (κ1) is 16.4. The minimum atomic E-state index is -0.0804. The number of aromatic nitrogens is 1. The summed E-state index contributed by atoms with van der Waals surface area (Å²) >= 11 is 0. The average molecular weight is 363 g/mol. The lowest BCUT2D eigenvalue weighted by atomic mass is 10.0. The second kappa shape index (κ2) is 6.44. The molecule has 0 aliphatic carbocycles. The van der Waals surface area contributed by atoms with Gasteiger partial charge >= 0.3 is 0 Å². The maximum absolute atomic E-state index is 12.9. The van der Waals surface area contributed by atoms with Crippen molar-refractivity contribution in [2.75, 3.05) is 49.7 Å². The molecule has 5 rings (SSSR count). The molecule has 7 nitrogen and oxygen atoms in total. The van der Waals surface area contributed by atoms with Crippen LogP contribution in [0.15, 0.2) is 54.6 Å². The number of piperazine rings is 1. The number of nitrogens with one attached hydrogen (secondary N) is 1. The number of likely N-dealkylation sites (N-methyl/N-ethyl adjacent to an activating group) is 1. The minimum absolute atomic E-state index is 0.0804. The first-order chi connectivity index (χ1) is 13.2. The van der Waals surface area contributed by atoms with Crippen molar-refractivity contribution in [3.8, 4) is 11.1 Å². The van der Waals surface area contributed by atoms with E-state index in [0.29, 0.717) is 12.2 Å². The Labute approximate surface area is 159 Å². The van der Waals surface area contributed by atoms with E-state index in [4.69, 9.17) is 0 Å². The summed E-state index contributed by atoms with van der Waals surface area (Å²) in [6.07, 6.45) is 3.83. The molecule has 1 unspecified atom stereocenters. The van der Waals surface area contributed by atoms with Crippen molar-refractivity contribution < 1.29 is 0 Å². The smallest absolute Gasteiger partial charge is 0.157 e. The van der Waals surface area contributed by atoms with Crippen molar-refractivity contribution in [3.63, 3.8) is 0 Å². The number of fused-ring (bicyclic) bond motifs is 3. The number of nitrogens with zero attached hydrogens (tertiary/aromatic N) is 5. The normalized spacial score (nSPS) is 22.2. The third-order valence-electron chi connectivity index (χ3n) is 5.58. The van der Waals surface area contributed by atoms with Crippen LogP contribution in [0.2, 0.25) is 0 Å². The number of hydrogen-bond acceptors (Lipinski definition) is 7. The fraction of sp³-hybridized carbons (Fsp3) is 0.350. The molecule has 140 valence electrons. The predicted octanol–water partition coefficient (Wildman–Crippen LogP) is 1.85. The minimum Gasteiger partial charge on any atom is -0.758 e. The number of hydrogen-bond donors (Lipinski definition) is 1. The van der Waals surface area contributed by atoms with Gasteiger partial charge in [0.05, 0.1) is 5.69 Å². The third kappa shape index (κ3) is 2.79. The molecule has 0 spiro atoms. The molecule has 3 aliphatic heterocycles. The van der Waals surface area contributed by atoms with Crippen LogP contribution in [0.25, 0.3) is 11.1 Å². The van der Waals surface area contributed by atoms with Gasteiger partial charge in [-0.05, 0) is 18.7 Å². The second-order valence-electron chi connectivity index (χ2n) is 7.33. The van der Waals surface area contributed by atoms with E-state index >= 15 is 0 Å². The van der Waals surface area contributed by atoms with Crippen LogP contribution in [0, 0.1) is 5.21 Å². The van der Waals surface area contributed by atoms with Crippen molar-refractivity contribution in [3.05, 3.63) is 59.8 Å². The lowest BCUT2D eigenvalue weighted by molar-refractivity contribution is 0.178. The molecule has 3 aliphatic rings. The molecular formula is C20H23N6O-. The summed E-state index contributed by atoms with van der Waals surface area (Å²) in [5, 5.41) is 17.5. The maximum Gasteiger partial charge on any atom is 0.157 e. The average Bonchev–Trinajstić information content (AvgIpc) is 3.13. The lowest BCUT2D eigenvalue weighted by Crippen LogP contribution is -2.51. The Morgan fingerprint density at radius 3 is 2.63 bits per heavy atom. The Kier molecular flexibility index (Phi) is 3.91. The van der Waals surface area contributed by atoms with Gasteiger partial charge in [0.15, 0.2) is 5.82 Å². The molecule has 2 aromatic rings. The zero-order chi connectivity index (χ0) is 18.4. The highest BCUT2D eigenvalue weighted by atomic mass is 16.5. The molecule has 1 atom stereocenters. The van der Waals surface area contributed by atoms with Crippen LogP contribution in [0.1, 0.15) is 0 Å². The number of anilines is 2. The molecule has 7 heteroatoms. The SMILES string of the molecule is CN1CCN(C2=CN3c4nccc(-c5ccccc5)c4N([O-])CC3N2)CC1. The molecule has 1 aromatic carbocycles. The van der Waals surface area contributed by atoms with E-state index in [-0.39, 0.29) is 6.17 Å². The Hall–Kier alpha value is -2.77. The molecule has 27 heavy (non-hydrogen) atoms. The van der Waals surface area contributed by atoms with Crippen molar-refractivity contribution in [2.24, 2.45) is 0 Å². The topological polar surface area (TPSA) is 60.9 Å². The van der Waals surface area contributed by atoms with Gasteiger partial charge in [0.1, 0.15) is 12.0 Å². The monoisotopic (exact) mass is 363 g/mol. The van der Waals surface area contributed by atoms with E-state index in [1.165, 1.54) is 0 Å². The molecule has 0 bridgehead atoms. The fourth-order valence-corrected chi connectivity index (χ4v) is 4.04. The summed E-state index contributed by atoms with van der Waals surface area (Å²) in [7, 11) is 2.15. The third-order valence-corrected chi connectivity index (χ3v) is 5.58. The van der Waals surface area contributed by atoms with Crippen LogP contribution < -0.4 is 15.3 Å². The van der Waals surface area contributed by atoms with Crippen LogP contribution in [0.5, 0.6) is 0 Å². The number of hydroxylamine groups is 1. The van der Waals surface area contributed by atoms with E-state index < -0.39 is 0 Å². The van der Waals surface area contributed by atoms with Gasteiger partial charge in [-0.2, -0.15) is 0 Å². The van der Waals surface area contributed by atoms with E-state index in [1.54, 1.807) is 6.20 Å². The van der Waals surface area contributed by atoms with Gasteiger partial charge in [-0.1, -0.05) is 30.3 Å². The van der Waals surface area contributed by atoms with Crippen LogP contribution in [-0.2, 0) is 0 Å². The van der Waals surface area contributed by atoms with Gasteiger partial charge in [-0.25, -0.2) is 4.98 Å². The molecule has 0 radical (unpaired) electrons. The van der Waals surface area contributed by atoms with E-state index in [0.717, 1.165) is 54.0 Å². The summed E-state index contributed by atoms with van der Waals surface area (Å²) in [6.45, 7) is 4.43. The van der Waals surface area contributed by atoms with Gasteiger partial charge in [0.2, 0.25) is 0 Å². The van der Waals surface area contributed by atoms with Crippen molar-refractivity contribution in [1.29, 1.82) is 0 Å². The Morgan fingerprint density at radius 1 is 1.07 bits per heavy atom. The summed E-state index contributed by atoms with van der Waals surface area (Å²) in [4.78, 5) is 11.4. The molecule has 1 fully saturated rings. The largest absolute Gasteiger partial charge is 0.758 e. The summed E-state index contributed by atoms with van der Waals surface area (Å²) in [5.74, 6) is 1.81. The Morgan fingerprint density at radius 2 is 1.85 bits per heavy atom. The molecule has 1 saturated heterocycles. The first-order valence-corrected chi connectivity index (χ1v) is 9.40. The zero-order valence-electron chi connectivity index (χ0n) is 15.4. The van der Waals surface area contributed by atoms with Crippen LogP contribution in [-0.4, -0.2) is 60.7 Å². The van der Waals surface area contributed by atoms with Gasteiger partial charge in [-0.3, -0.25) is 0 Å². The summed E-state index contributed by atoms with van der Waals surface area (Å²) in [6, 6.07) is 12.0. The van der Waals surface area contributed by atoms with Gasteiger partial charge in [0.25, 0.3) is 0 Å². The predicted molar refractivity (Wildman–Crippen MR) is 107 cm³/mol. The van der Waals surface area contributed by atoms with Gasteiger partial charge in [0, 0.05) is 50.7 Å². The fourth-order valence-electron chi connectivity index (χ4n) is 4.04. The van der Waals surface area contributed by atoms with Crippen molar-refractivity contribution >= 4 is 11.5 Å². The standard InChI is InChI=1S/C20H23N6O/c1-23-9-11-24(12-10-23)17-13-25-18(22-17)14-26(27)19-16(7-8-21-20(19)25)15-5-3-2-4-6-15/h2-8,13,18,22H,9-12,14H2,1H3/q-1. The zero-order valence-corrected chi connectivity index (χ0v) is 15.4. The molecule has 0 amide bonds. The quantitative estimate of drug-likeness (QED) is 0.874. The highest BCUT2D eigenvalue weighted by Crippen LogP contribution is 2.42. The van der Waals surface area contributed by atoms with E-state index in [9.17, 15) is 5.21 Å². The lowest BCUT2D eigenvalue weighted by Gasteiger charge is -2.44. The first-order valence-electron chi connectivity index (χ1n) is 9.40. The van der Waals surface area contributed by atoms with Gasteiger partial charge in [-0.15, -0.1) is 0 Å². The van der Waals surface area contributed by atoms with E-state index in [2.05, 4.69) is 38.2 Å². The van der Waals surface area contributed by atoms with Crippen molar-refractivity contribution in [1.82, 2.24) is 20.1 Å². The Balaban J connectivity index is 1.51. The molecule has 1 N–H and O–H groups in total. The number of pyridine rings is 1. The molecule has 0 saturated carbocycles. The summed E-state index contributed by atoms with van der Waals surface area (Å²) < 4.78 is 0. The second-order valence-corrected chi connectivity index (χ2v) is 7.33. The highest BCUT2D eigenvalue weighted by Gasteiger charge is 2.35. The van der Waals surface area contributed by atoms with Crippen molar-refractivity contribution in [2.45, 2.75) is 6.17 Å².